The molecule has 110 valence electrons. The van der Waals surface area contributed by atoms with Crippen molar-refractivity contribution in [3.63, 3.8) is 0 Å². The molecular weight excluding hydrogens is 276 g/mol. The van der Waals surface area contributed by atoms with Crippen LogP contribution < -0.4 is 5.32 Å². The summed E-state index contributed by atoms with van der Waals surface area (Å²) >= 11 is 5.77. The molecule has 0 aliphatic rings. The van der Waals surface area contributed by atoms with Crippen molar-refractivity contribution in [2.45, 2.75) is 33.1 Å². The minimum absolute atomic E-state index is 0.122. The van der Waals surface area contributed by atoms with Crippen molar-refractivity contribution >= 4 is 29.1 Å². The highest BCUT2D eigenvalue weighted by Gasteiger charge is 2.16. The number of amides is 2. The Morgan fingerprint density at radius 3 is 2.15 bits per heavy atom. The maximum atomic E-state index is 12.0. The number of nitrogens with zero attached hydrogens (tertiary/aromatic N) is 1. The normalized spacial score (nSPS) is 10.2. The predicted octanol–water partition coefficient (Wildman–Crippen LogP) is 3.32. The largest absolute Gasteiger partial charge is 0.342 e. The molecule has 1 N–H and O–H groups in total. The maximum absolute atomic E-state index is 12.0. The van der Waals surface area contributed by atoms with E-state index in [0.29, 0.717) is 23.8 Å². The molecule has 0 saturated carbocycles. The van der Waals surface area contributed by atoms with Gasteiger partial charge in [-0.15, -0.1) is 0 Å². The van der Waals surface area contributed by atoms with Crippen LogP contribution in [0.2, 0.25) is 5.02 Å². The highest BCUT2D eigenvalue weighted by molar-refractivity contribution is 6.30. The third kappa shape index (κ3) is 5.61. The predicted molar refractivity (Wildman–Crippen MR) is 81.9 cm³/mol. The van der Waals surface area contributed by atoms with Gasteiger partial charge >= 0.3 is 0 Å². The van der Waals surface area contributed by atoms with Gasteiger partial charge in [-0.1, -0.05) is 25.4 Å². The standard InChI is InChI=1S/C15H21ClN2O2/c1-3-9-18(10-4-2)15(20)11-14(19)17-13-7-5-12(16)6-8-13/h5-8H,3-4,9-11H2,1-2H3,(H,17,19). The topological polar surface area (TPSA) is 49.4 Å². The van der Waals surface area contributed by atoms with Crippen molar-refractivity contribution in [1.29, 1.82) is 0 Å². The van der Waals surface area contributed by atoms with E-state index >= 15 is 0 Å². The van der Waals surface area contributed by atoms with Crippen LogP contribution in [0.15, 0.2) is 24.3 Å². The molecule has 0 unspecified atom stereocenters. The first kappa shape index (κ1) is 16.5. The van der Waals surface area contributed by atoms with Gasteiger partial charge < -0.3 is 10.2 Å². The second kappa shape index (κ2) is 8.59. The van der Waals surface area contributed by atoms with Gasteiger partial charge in [-0.3, -0.25) is 9.59 Å². The molecule has 5 heteroatoms. The molecule has 4 nitrogen and oxygen atoms in total. The quantitative estimate of drug-likeness (QED) is 0.785. The molecule has 20 heavy (non-hydrogen) atoms. The fraction of sp³-hybridized carbons (Fsp3) is 0.467. The van der Waals surface area contributed by atoms with Gasteiger partial charge in [-0.25, -0.2) is 0 Å². The molecule has 1 aromatic carbocycles. The van der Waals surface area contributed by atoms with Crippen LogP contribution in [0.4, 0.5) is 5.69 Å². The molecule has 0 bridgehead atoms. The Hall–Kier alpha value is -1.55. The minimum Gasteiger partial charge on any atom is -0.342 e. The lowest BCUT2D eigenvalue weighted by Gasteiger charge is -2.21. The van der Waals surface area contributed by atoms with Crippen LogP contribution in [0.5, 0.6) is 0 Å². The summed E-state index contributed by atoms with van der Waals surface area (Å²) in [5, 5.41) is 3.30. The van der Waals surface area contributed by atoms with Crippen molar-refractivity contribution in [1.82, 2.24) is 4.90 Å². The number of carbonyl (C=O) groups is 2. The molecule has 0 aliphatic carbocycles. The molecule has 0 spiro atoms. The Labute approximate surface area is 125 Å². The summed E-state index contributed by atoms with van der Waals surface area (Å²) < 4.78 is 0. The highest BCUT2D eigenvalue weighted by Crippen LogP contribution is 2.13. The number of rotatable bonds is 7. The van der Waals surface area contributed by atoms with Crippen LogP contribution in [-0.4, -0.2) is 29.8 Å². The van der Waals surface area contributed by atoms with E-state index in [-0.39, 0.29) is 18.2 Å². The van der Waals surface area contributed by atoms with E-state index < -0.39 is 0 Å². The lowest BCUT2D eigenvalue weighted by Crippen LogP contribution is -2.35. The Balaban J connectivity index is 2.51. The molecular formula is C15H21ClN2O2. The molecule has 1 aromatic rings. The molecule has 1 rings (SSSR count). The number of hydrogen-bond donors (Lipinski definition) is 1. The number of nitrogens with one attached hydrogen (secondary N) is 1. The Kier molecular flexibility index (Phi) is 7.09. The smallest absolute Gasteiger partial charge is 0.233 e. The van der Waals surface area contributed by atoms with Gasteiger partial charge in [-0.2, -0.15) is 0 Å². The van der Waals surface area contributed by atoms with Crippen LogP contribution >= 0.6 is 11.6 Å². The van der Waals surface area contributed by atoms with Crippen molar-refractivity contribution in [3.8, 4) is 0 Å². The summed E-state index contributed by atoms with van der Waals surface area (Å²) in [5.41, 5.74) is 0.643. The van der Waals surface area contributed by atoms with Gasteiger partial charge in [0.2, 0.25) is 11.8 Å². The molecule has 0 atom stereocenters. The van der Waals surface area contributed by atoms with Crippen LogP contribution in [0.25, 0.3) is 0 Å². The van der Waals surface area contributed by atoms with Crippen LogP contribution in [0, 0.1) is 0 Å². The van der Waals surface area contributed by atoms with E-state index in [1.807, 2.05) is 13.8 Å². The molecule has 0 saturated heterocycles. The second-order valence-electron chi connectivity index (χ2n) is 4.61. The summed E-state index contributed by atoms with van der Waals surface area (Å²) in [5.74, 6) is -0.422. The summed E-state index contributed by atoms with van der Waals surface area (Å²) in [6, 6.07) is 6.81. The van der Waals surface area contributed by atoms with Gasteiger partial charge in [-0.05, 0) is 37.1 Å². The van der Waals surface area contributed by atoms with Crippen LogP contribution in [0.1, 0.15) is 33.1 Å². The van der Waals surface area contributed by atoms with Gasteiger partial charge in [0.25, 0.3) is 0 Å². The summed E-state index contributed by atoms with van der Waals surface area (Å²) in [4.78, 5) is 25.6. The van der Waals surface area contributed by atoms with E-state index in [9.17, 15) is 9.59 Å². The monoisotopic (exact) mass is 296 g/mol. The summed E-state index contributed by atoms with van der Waals surface area (Å²) in [6.07, 6.45) is 1.66. The molecule has 0 aliphatic heterocycles. The van der Waals surface area contributed by atoms with Crippen LogP contribution in [-0.2, 0) is 9.59 Å². The lowest BCUT2D eigenvalue weighted by atomic mass is 10.2. The molecule has 0 radical (unpaired) electrons. The zero-order chi connectivity index (χ0) is 15.0. The van der Waals surface area contributed by atoms with Gasteiger partial charge in [0.15, 0.2) is 0 Å². The third-order valence-corrected chi connectivity index (χ3v) is 3.03. The number of anilines is 1. The van der Waals surface area contributed by atoms with Gasteiger partial charge in [0, 0.05) is 23.8 Å². The SMILES string of the molecule is CCCN(CCC)C(=O)CC(=O)Nc1ccc(Cl)cc1. The lowest BCUT2D eigenvalue weighted by molar-refractivity contribution is -0.134. The van der Waals surface area contributed by atoms with Crippen molar-refractivity contribution in [3.05, 3.63) is 29.3 Å². The maximum Gasteiger partial charge on any atom is 0.233 e. The van der Waals surface area contributed by atoms with E-state index in [0.717, 1.165) is 12.8 Å². The average molecular weight is 297 g/mol. The first-order chi connectivity index (χ1) is 9.56. The van der Waals surface area contributed by atoms with E-state index in [1.165, 1.54) is 0 Å². The first-order valence-corrected chi connectivity index (χ1v) is 7.27. The summed E-state index contributed by atoms with van der Waals surface area (Å²) in [7, 11) is 0. The van der Waals surface area contributed by atoms with Crippen LogP contribution in [0.3, 0.4) is 0 Å². The molecule has 2 amide bonds. The van der Waals surface area contributed by atoms with Crippen molar-refractivity contribution < 1.29 is 9.59 Å². The zero-order valence-electron chi connectivity index (χ0n) is 12.0. The molecule has 0 fully saturated rings. The number of halogens is 1. The second-order valence-corrected chi connectivity index (χ2v) is 5.05. The fourth-order valence-electron chi connectivity index (χ4n) is 1.89. The Morgan fingerprint density at radius 1 is 1.10 bits per heavy atom. The zero-order valence-corrected chi connectivity index (χ0v) is 12.7. The Bertz CT molecular complexity index is 440. The van der Waals surface area contributed by atoms with Gasteiger partial charge in [0.05, 0.1) is 0 Å². The van der Waals surface area contributed by atoms with E-state index in [1.54, 1.807) is 29.2 Å². The van der Waals surface area contributed by atoms with E-state index in [2.05, 4.69) is 5.32 Å². The van der Waals surface area contributed by atoms with E-state index in [4.69, 9.17) is 11.6 Å². The average Bonchev–Trinajstić information content (AvgIpc) is 2.41. The third-order valence-electron chi connectivity index (χ3n) is 2.78. The van der Waals surface area contributed by atoms with Gasteiger partial charge in [0.1, 0.15) is 6.42 Å². The molecule has 0 heterocycles. The first-order valence-electron chi connectivity index (χ1n) is 6.90. The number of carbonyl (C=O) groups excluding carboxylic acids is 2. The fourth-order valence-corrected chi connectivity index (χ4v) is 2.01. The summed E-state index contributed by atoms with van der Waals surface area (Å²) in [6.45, 7) is 5.43. The highest BCUT2D eigenvalue weighted by atomic mass is 35.5. The number of hydrogen-bond acceptors (Lipinski definition) is 2. The minimum atomic E-state index is -0.297. The number of benzene rings is 1. The van der Waals surface area contributed by atoms with Crippen molar-refractivity contribution in [2.24, 2.45) is 0 Å². The van der Waals surface area contributed by atoms with Crippen molar-refractivity contribution in [2.75, 3.05) is 18.4 Å². The molecule has 0 aromatic heterocycles. The Morgan fingerprint density at radius 2 is 1.65 bits per heavy atom.